The second-order valence-electron chi connectivity index (χ2n) is 7.53. The van der Waals surface area contributed by atoms with E-state index in [0.717, 1.165) is 17.1 Å². The van der Waals surface area contributed by atoms with E-state index >= 15 is 0 Å². The first kappa shape index (κ1) is 20.4. The van der Waals surface area contributed by atoms with E-state index in [9.17, 15) is 17.3 Å². The molecule has 0 aromatic heterocycles. The molecule has 0 nitrogen and oxygen atoms in total. The predicted octanol–water partition coefficient (Wildman–Crippen LogP) is 6.22. The molecule has 1 aliphatic carbocycles. The molecule has 6 heteroatoms. The van der Waals surface area contributed by atoms with Crippen molar-refractivity contribution in [3.05, 3.63) is 42.0 Å². The lowest BCUT2D eigenvalue weighted by Crippen LogP contribution is -2.36. The van der Waals surface area contributed by atoms with Crippen LogP contribution in [0, 0.1) is 11.8 Å². The highest BCUT2D eigenvalue weighted by molar-refractivity contribution is 7.99. The molecule has 1 saturated carbocycles. The average molecular weight is 374 g/mol. The molecule has 4 atom stereocenters. The quantitative estimate of drug-likeness (QED) is 0.335. The maximum atomic E-state index is 9.75. The Bertz CT molecular complexity index is 565. The van der Waals surface area contributed by atoms with Crippen LogP contribution in [0.4, 0.5) is 17.3 Å². The minimum absolute atomic E-state index is 0.566. The summed E-state index contributed by atoms with van der Waals surface area (Å²) in [4.78, 5) is 0. The monoisotopic (exact) mass is 374 g/mol. The minimum atomic E-state index is -6.00. The molecule has 1 saturated heterocycles. The van der Waals surface area contributed by atoms with Crippen molar-refractivity contribution in [1.82, 2.24) is 0 Å². The Balaban J connectivity index is 0.000000399. The van der Waals surface area contributed by atoms with E-state index in [0.29, 0.717) is 15.6 Å². The lowest BCUT2D eigenvalue weighted by atomic mass is 9.78. The SMILES string of the molecule is CC1CCC2CC1[S+](C/C=C/c1ccccc1)C2(C)C.F[B-](F)(F)F. The van der Waals surface area contributed by atoms with E-state index in [1.165, 1.54) is 30.6 Å². The van der Waals surface area contributed by atoms with Gasteiger partial charge in [0, 0.05) is 29.2 Å². The van der Waals surface area contributed by atoms with Gasteiger partial charge in [-0.25, -0.2) is 0 Å². The van der Waals surface area contributed by atoms with Crippen LogP contribution < -0.4 is 0 Å². The zero-order chi connectivity index (χ0) is 18.7. The number of benzene rings is 1. The molecule has 140 valence electrons. The summed E-state index contributed by atoms with van der Waals surface area (Å²) in [6.07, 6.45) is 9.18. The summed E-state index contributed by atoms with van der Waals surface area (Å²) in [6.45, 7) is 7.56. The molecule has 25 heavy (non-hydrogen) atoms. The Morgan fingerprint density at radius 3 is 2.32 bits per heavy atom. The Morgan fingerprint density at radius 1 is 1.12 bits per heavy atom. The molecule has 0 amide bonds. The highest BCUT2D eigenvalue weighted by Crippen LogP contribution is 2.52. The van der Waals surface area contributed by atoms with Crippen molar-refractivity contribution < 1.29 is 17.3 Å². The van der Waals surface area contributed by atoms with Gasteiger partial charge in [0.15, 0.2) is 0 Å². The minimum Gasteiger partial charge on any atom is -0.418 e. The van der Waals surface area contributed by atoms with Crippen molar-refractivity contribution in [3.8, 4) is 0 Å². The largest absolute Gasteiger partial charge is 0.673 e. The summed E-state index contributed by atoms with van der Waals surface area (Å²) in [5.74, 6) is 3.21. The molecule has 1 aromatic rings. The van der Waals surface area contributed by atoms with Crippen LogP contribution >= 0.6 is 0 Å². The van der Waals surface area contributed by atoms with Gasteiger partial charge in [0.2, 0.25) is 0 Å². The number of hydrogen-bond acceptors (Lipinski definition) is 0. The molecular weight excluding hydrogens is 347 g/mol. The first-order valence-corrected chi connectivity index (χ1v) is 10.3. The Morgan fingerprint density at radius 2 is 1.72 bits per heavy atom. The van der Waals surface area contributed by atoms with Gasteiger partial charge in [-0.3, -0.25) is 0 Å². The first-order chi connectivity index (χ1) is 11.6. The van der Waals surface area contributed by atoms with Gasteiger partial charge in [-0.15, -0.1) is 0 Å². The van der Waals surface area contributed by atoms with Gasteiger partial charge in [0.05, 0.1) is 0 Å². The van der Waals surface area contributed by atoms with Crippen LogP contribution in [0.15, 0.2) is 36.4 Å². The standard InChI is InChI=1S/C19H27S.BF4/c1-15-11-12-17-14-18(15)20(19(17,2)3)13-7-10-16-8-5-4-6-9-16;2-1(3,4)5/h4-10,15,17-18H,11-14H2,1-3H3;/q+1;-1/b10-7+;. The number of hydrogen-bond donors (Lipinski definition) is 0. The Kier molecular flexibility index (Phi) is 6.69. The third-order valence-electron chi connectivity index (χ3n) is 5.53. The zero-order valence-corrected chi connectivity index (χ0v) is 15.9. The van der Waals surface area contributed by atoms with Crippen LogP contribution in [0.3, 0.4) is 0 Å². The van der Waals surface area contributed by atoms with Gasteiger partial charge in [0.25, 0.3) is 0 Å². The van der Waals surface area contributed by atoms with E-state index in [-0.39, 0.29) is 0 Å². The smallest absolute Gasteiger partial charge is 0.418 e. The molecular formula is C19H27BF4S. The van der Waals surface area contributed by atoms with Crippen molar-refractivity contribution in [3.63, 3.8) is 0 Å². The fraction of sp³-hybridized carbons (Fsp3) is 0.579. The van der Waals surface area contributed by atoms with Crippen LogP contribution in [0.1, 0.15) is 45.6 Å². The molecule has 1 aliphatic heterocycles. The van der Waals surface area contributed by atoms with Crippen molar-refractivity contribution in [2.75, 3.05) is 5.75 Å². The molecule has 2 bridgehead atoms. The maximum Gasteiger partial charge on any atom is 0.673 e. The third-order valence-corrected chi connectivity index (χ3v) is 9.16. The highest BCUT2D eigenvalue weighted by atomic mass is 32.2. The topological polar surface area (TPSA) is 0 Å². The van der Waals surface area contributed by atoms with E-state index in [2.05, 4.69) is 63.3 Å². The predicted molar refractivity (Wildman–Crippen MR) is 102 cm³/mol. The van der Waals surface area contributed by atoms with E-state index in [4.69, 9.17) is 0 Å². The normalized spacial score (nSPS) is 30.8. The summed E-state index contributed by atoms with van der Waals surface area (Å²) in [6, 6.07) is 10.7. The second kappa shape index (κ2) is 8.19. The highest BCUT2D eigenvalue weighted by Gasteiger charge is 2.59. The van der Waals surface area contributed by atoms with Gasteiger partial charge in [0.1, 0.15) is 15.7 Å². The number of halogens is 4. The fourth-order valence-corrected chi connectivity index (χ4v) is 7.67. The van der Waals surface area contributed by atoms with Crippen molar-refractivity contribution >= 4 is 24.2 Å². The van der Waals surface area contributed by atoms with E-state index in [1.807, 2.05) is 0 Å². The third kappa shape index (κ3) is 5.80. The van der Waals surface area contributed by atoms with Crippen molar-refractivity contribution in [2.24, 2.45) is 11.8 Å². The summed E-state index contributed by atoms with van der Waals surface area (Å²) in [7, 11) is -5.43. The second-order valence-corrected chi connectivity index (χ2v) is 10.4. The number of rotatable bonds is 3. The molecule has 4 unspecified atom stereocenters. The molecule has 1 heterocycles. The van der Waals surface area contributed by atoms with Crippen LogP contribution in [0.25, 0.3) is 6.08 Å². The molecule has 3 rings (SSSR count). The molecule has 0 radical (unpaired) electrons. The summed E-state index contributed by atoms with van der Waals surface area (Å²) in [5, 5.41) is 0.990. The summed E-state index contributed by atoms with van der Waals surface area (Å²) in [5.41, 5.74) is 1.34. The fourth-order valence-electron chi connectivity index (χ4n) is 4.10. The Hall–Kier alpha value is -0.905. The molecule has 0 N–H and O–H groups in total. The average Bonchev–Trinajstić information content (AvgIpc) is 2.71. The van der Waals surface area contributed by atoms with Crippen LogP contribution in [-0.4, -0.2) is 23.0 Å². The molecule has 2 aliphatic rings. The molecule has 2 fully saturated rings. The van der Waals surface area contributed by atoms with E-state index in [1.54, 1.807) is 0 Å². The summed E-state index contributed by atoms with van der Waals surface area (Å²) >= 11 is 0. The lowest BCUT2D eigenvalue weighted by Gasteiger charge is -2.23. The zero-order valence-electron chi connectivity index (χ0n) is 15.1. The van der Waals surface area contributed by atoms with Crippen molar-refractivity contribution in [2.45, 2.75) is 50.0 Å². The van der Waals surface area contributed by atoms with E-state index < -0.39 is 7.25 Å². The lowest BCUT2D eigenvalue weighted by molar-refractivity contribution is 0.290. The van der Waals surface area contributed by atoms with Crippen molar-refractivity contribution in [1.29, 1.82) is 0 Å². The van der Waals surface area contributed by atoms with Gasteiger partial charge < -0.3 is 17.3 Å². The van der Waals surface area contributed by atoms with Crippen LogP contribution in [0.5, 0.6) is 0 Å². The van der Waals surface area contributed by atoms with Gasteiger partial charge in [-0.1, -0.05) is 43.3 Å². The molecule has 0 spiro atoms. The maximum absolute atomic E-state index is 9.75. The van der Waals surface area contributed by atoms with Crippen LogP contribution in [-0.2, 0) is 10.9 Å². The summed E-state index contributed by atoms with van der Waals surface area (Å²) < 4.78 is 39.6. The van der Waals surface area contributed by atoms with Gasteiger partial charge >= 0.3 is 7.25 Å². The Labute approximate surface area is 151 Å². The molecule has 1 aromatic carbocycles. The van der Waals surface area contributed by atoms with Crippen LogP contribution in [0.2, 0.25) is 0 Å². The van der Waals surface area contributed by atoms with Gasteiger partial charge in [-0.2, -0.15) is 0 Å². The first-order valence-electron chi connectivity index (χ1n) is 8.87. The van der Waals surface area contributed by atoms with Gasteiger partial charge in [-0.05, 0) is 38.3 Å². The number of fused-ring (bicyclic) bond motifs is 2.